The van der Waals surface area contributed by atoms with Gasteiger partial charge in [-0.25, -0.2) is 14.6 Å². The third kappa shape index (κ3) is 2.26. The van der Waals surface area contributed by atoms with Crippen LogP contribution in [0.5, 0.6) is 0 Å². The second-order valence-electron chi connectivity index (χ2n) is 6.32. The van der Waals surface area contributed by atoms with E-state index in [1.165, 1.54) is 0 Å². The molecule has 8 nitrogen and oxygen atoms in total. The molecule has 0 saturated carbocycles. The molecule has 1 saturated heterocycles. The molecule has 0 amide bonds. The summed E-state index contributed by atoms with van der Waals surface area (Å²) in [6, 6.07) is 2.18. The van der Waals surface area contributed by atoms with Crippen LogP contribution in [0.15, 0.2) is 24.8 Å². The zero-order valence-corrected chi connectivity index (χ0v) is 13.1. The normalized spacial score (nSPS) is 21.7. The Morgan fingerprint density at radius 1 is 1.35 bits per heavy atom. The standard InChI is InChI=1S/C15H19N7O/c1-10(2)22-7-12(19-20-22)15(23)4-6-21(8-15)14-11-3-5-16-13(11)17-9-18-14/h3,5,7,9-10,23H,4,6,8H2,1-2H3,(H,16,17,18). The van der Waals surface area contributed by atoms with Crippen LogP contribution in [-0.4, -0.2) is 48.1 Å². The fourth-order valence-corrected chi connectivity index (χ4v) is 3.04. The lowest BCUT2D eigenvalue weighted by molar-refractivity contribution is 0.0559. The van der Waals surface area contributed by atoms with Crippen molar-refractivity contribution >= 4 is 16.9 Å². The Labute approximate surface area is 133 Å². The van der Waals surface area contributed by atoms with Gasteiger partial charge in [-0.1, -0.05) is 5.21 Å². The molecule has 4 heterocycles. The van der Waals surface area contributed by atoms with Crippen LogP contribution in [0, 0.1) is 0 Å². The molecule has 23 heavy (non-hydrogen) atoms. The Kier molecular flexibility index (Phi) is 3.08. The Bertz CT molecular complexity index is 839. The number of H-pyrrole nitrogens is 1. The van der Waals surface area contributed by atoms with Gasteiger partial charge in [0.25, 0.3) is 0 Å². The van der Waals surface area contributed by atoms with Gasteiger partial charge in [-0.05, 0) is 19.9 Å². The van der Waals surface area contributed by atoms with Crippen LogP contribution < -0.4 is 4.90 Å². The number of aromatic nitrogens is 6. The Morgan fingerprint density at radius 3 is 3.00 bits per heavy atom. The Morgan fingerprint density at radius 2 is 2.22 bits per heavy atom. The zero-order valence-electron chi connectivity index (χ0n) is 13.1. The number of aromatic amines is 1. The maximum absolute atomic E-state index is 11.0. The van der Waals surface area contributed by atoms with E-state index < -0.39 is 5.60 Å². The number of nitrogens with zero attached hydrogens (tertiary/aromatic N) is 6. The first-order valence-corrected chi connectivity index (χ1v) is 7.74. The summed E-state index contributed by atoms with van der Waals surface area (Å²) in [6.45, 7) is 5.23. The van der Waals surface area contributed by atoms with Crippen molar-refractivity contribution in [3.05, 3.63) is 30.5 Å². The fourth-order valence-electron chi connectivity index (χ4n) is 3.04. The highest BCUT2D eigenvalue weighted by Crippen LogP contribution is 2.35. The summed E-state index contributed by atoms with van der Waals surface area (Å²) >= 11 is 0. The highest BCUT2D eigenvalue weighted by molar-refractivity contribution is 5.87. The maximum Gasteiger partial charge on any atom is 0.142 e. The van der Waals surface area contributed by atoms with E-state index in [0.29, 0.717) is 25.2 Å². The second-order valence-corrected chi connectivity index (χ2v) is 6.32. The molecule has 0 aliphatic carbocycles. The zero-order chi connectivity index (χ0) is 16.0. The Hall–Kier alpha value is -2.48. The SMILES string of the molecule is CC(C)n1cc(C2(O)CCN(c3ncnc4[nH]ccc34)C2)nn1. The van der Waals surface area contributed by atoms with Gasteiger partial charge in [0.05, 0.1) is 18.1 Å². The topological polar surface area (TPSA) is 95.8 Å². The molecule has 0 spiro atoms. The largest absolute Gasteiger partial charge is 0.381 e. The highest BCUT2D eigenvalue weighted by Gasteiger charge is 2.41. The van der Waals surface area contributed by atoms with E-state index in [4.69, 9.17) is 0 Å². The van der Waals surface area contributed by atoms with Crippen LogP contribution in [0.4, 0.5) is 5.82 Å². The van der Waals surface area contributed by atoms with Crippen LogP contribution in [0.2, 0.25) is 0 Å². The smallest absolute Gasteiger partial charge is 0.142 e. The maximum atomic E-state index is 11.0. The van der Waals surface area contributed by atoms with Gasteiger partial charge < -0.3 is 15.0 Å². The van der Waals surface area contributed by atoms with Gasteiger partial charge in [-0.2, -0.15) is 0 Å². The number of aliphatic hydroxyl groups is 1. The first kappa shape index (κ1) is 14.1. The minimum Gasteiger partial charge on any atom is -0.381 e. The molecule has 1 atom stereocenters. The lowest BCUT2D eigenvalue weighted by Crippen LogP contribution is -2.31. The molecule has 1 aliphatic heterocycles. The third-order valence-electron chi connectivity index (χ3n) is 4.40. The summed E-state index contributed by atoms with van der Waals surface area (Å²) in [6.07, 6.45) is 5.82. The van der Waals surface area contributed by atoms with E-state index in [1.807, 2.05) is 32.3 Å². The minimum atomic E-state index is -0.999. The van der Waals surface area contributed by atoms with Crippen molar-refractivity contribution in [2.45, 2.75) is 31.9 Å². The van der Waals surface area contributed by atoms with Crippen molar-refractivity contribution < 1.29 is 5.11 Å². The van der Waals surface area contributed by atoms with E-state index in [2.05, 4.69) is 30.2 Å². The average molecular weight is 313 g/mol. The number of nitrogens with one attached hydrogen (secondary N) is 1. The highest BCUT2D eigenvalue weighted by atomic mass is 16.3. The molecule has 3 aromatic rings. The van der Waals surface area contributed by atoms with Crippen LogP contribution in [0.1, 0.15) is 32.0 Å². The van der Waals surface area contributed by atoms with E-state index in [1.54, 1.807) is 11.0 Å². The van der Waals surface area contributed by atoms with E-state index in [9.17, 15) is 5.11 Å². The predicted molar refractivity (Wildman–Crippen MR) is 85.0 cm³/mol. The quantitative estimate of drug-likeness (QED) is 0.755. The van der Waals surface area contributed by atoms with Gasteiger partial charge in [0.1, 0.15) is 29.1 Å². The third-order valence-corrected chi connectivity index (χ3v) is 4.40. The molecule has 3 aromatic heterocycles. The number of fused-ring (bicyclic) bond motifs is 1. The summed E-state index contributed by atoms with van der Waals surface area (Å²) in [5.41, 5.74) is 0.421. The molecule has 2 N–H and O–H groups in total. The van der Waals surface area contributed by atoms with Crippen molar-refractivity contribution in [2.24, 2.45) is 0 Å². The molecule has 4 rings (SSSR count). The van der Waals surface area contributed by atoms with Crippen LogP contribution in [0.25, 0.3) is 11.0 Å². The molecule has 1 unspecified atom stereocenters. The molecule has 1 fully saturated rings. The van der Waals surface area contributed by atoms with Gasteiger partial charge in [-0.3, -0.25) is 0 Å². The lowest BCUT2D eigenvalue weighted by Gasteiger charge is -2.22. The Balaban J connectivity index is 1.64. The molecule has 1 aliphatic rings. The number of hydrogen-bond acceptors (Lipinski definition) is 6. The summed E-state index contributed by atoms with van der Waals surface area (Å²) in [5, 5.41) is 20.2. The first-order chi connectivity index (χ1) is 11.1. The second kappa shape index (κ2) is 5.02. The molecule has 0 aromatic carbocycles. The van der Waals surface area contributed by atoms with Gasteiger partial charge >= 0.3 is 0 Å². The van der Waals surface area contributed by atoms with Crippen LogP contribution in [-0.2, 0) is 5.60 Å². The summed E-state index contributed by atoms with van der Waals surface area (Å²) < 4.78 is 1.77. The molecule has 8 heteroatoms. The lowest BCUT2D eigenvalue weighted by atomic mass is 10.00. The monoisotopic (exact) mass is 313 g/mol. The van der Waals surface area contributed by atoms with Crippen molar-refractivity contribution in [3.63, 3.8) is 0 Å². The number of hydrogen-bond donors (Lipinski definition) is 2. The molecule has 0 radical (unpaired) electrons. The van der Waals surface area contributed by atoms with Gasteiger partial charge in [0.2, 0.25) is 0 Å². The molecule has 120 valence electrons. The predicted octanol–water partition coefficient (Wildman–Crippen LogP) is 1.23. The van der Waals surface area contributed by atoms with E-state index in [0.717, 1.165) is 16.9 Å². The van der Waals surface area contributed by atoms with Crippen molar-refractivity contribution in [1.29, 1.82) is 0 Å². The van der Waals surface area contributed by atoms with Crippen molar-refractivity contribution in [3.8, 4) is 0 Å². The summed E-state index contributed by atoms with van der Waals surface area (Å²) in [4.78, 5) is 13.8. The molecular weight excluding hydrogens is 294 g/mol. The van der Waals surface area contributed by atoms with Crippen molar-refractivity contribution in [1.82, 2.24) is 29.9 Å². The van der Waals surface area contributed by atoms with Gasteiger partial charge in [0, 0.05) is 25.2 Å². The van der Waals surface area contributed by atoms with Crippen LogP contribution in [0.3, 0.4) is 0 Å². The van der Waals surface area contributed by atoms with Gasteiger partial charge in [-0.15, -0.1) is 5.10 Å². The first-order valence-electron chi connectivity index (χ1n) is 7.74. The van der Waals surface area contributed by atoms with E-state index in [-0.39, 0.29) is 6.04 Å². The summed E-state index contributed by atoms with van der Waals surface area (Å²) in [5.74, 6) is 0.837. The number of β-amino-alcohol motifs (C(OH)–C–C–N with tert-alkyl or cyclic N) is 1. The number of anilines is 1. The molecule has 0 bridgehead atoms. The average Bonchev–Trinajstić information content (AvgIpc) is 3.26. The minimum absolute atomic E-state index is 0.221. The summed E-state index contributed by atoms with van der Waals surface area (Å²) in [7, 11) is 0. The van der Waals surface area contributed by atoms with Crippen LogP contribution >= 0.6 is 0 Å². The van der Waals surface area contributed by atoms with E-state index >= 15 is 0 Å². The number of rotatable bonds is 3. The fraction of sp³-hybridized carbons (Fsp3) is 0.467. The molecular formula is C15H19N7O. The van der Waals surface area contributed by atoms with Crippen molar-refractivity contribution in [2.75, 3.05) is 18.0 Å². The van der Waals surface area contributed by atoms with Gasteiger partial charge in [0.15, 0.2) is 0 Å².